The summed E-state index contributed by atoms with van der Waals surface area (Å²) >= 11 is 5.96. The summed E-state index contributed by atoms with van der Waals surface area (Å²) in [4.78, 5) is 33.9. The lowest BCUT2D eigenvalue weighted by atomic mass is 10.1. The van der Waals surface area contributed by atoms with Gasteiger partial charge in [-0.25, -0.2) is 23.5 Å². The topological polar surface area (TPSA) is 152 Å². The lowest BCUT2D eigenvalue weighted by Gasteiger charge is -2.24. The van der Waals surface area contributed by atoms with E-state index in [2.05, 4.69) is 15.3 Å². The summed E-state index contributed by atoms with van der Waals surface area (Å²) < 4.78 is 20.4. The molecular weight excluding hydrogens is 521 g/mol. The molecule has 0 aliphatic heterocycles. The quantitative estimate of drug-likeness (QED) is 0.235. The fraction of sp³-hybridized carbons (Fsp3) is 0.200. The SMILES string of the molecule is O=c1nc(Nc2ccc(Oc3ccc(F)cn3)cc2)n(Cc2ccc(Cl)cc2)c(=O)n1CC(O)(CO)CO. The minimum Gasteiger partial charge on any atom is -0.439 e. The Balaban J connectivity index is 1.66. The van der Waals surface area contributed by atoms with Crippen LogP contribution in [0.5, 0.6) is 11.6 Å². The van der Waals surface area contributed by atoms with Crippen molar-refractivity contribution in [3.05, 3.63) is 104 Å². The Labute approximate surface area is 220 Å². The van der Waals surface area contributed by atoms with Crippen LogP contribution in [-0.2, 0) is 13.1 Å². The van der Waals surface area contributed by atoms with Gasteiger partial charge in [-0.15, -0.1) is 0 Å². The second kappa shape index (κ2) is 11.5. The van der Waals surface area contributed by atoms with Crippen molar-refractivity contribution in [2.75, 3.05) is 18.5 Å². The molecule has 0 radical (unpaired) electrons. The molecule has 4 N–H and O–H groups in total. The molecule has 2 aromatic carbocycles. The van der Waals surface area contributed by atoms with Crippen LogP contribution in [0.25, 0.3) is 0 Å². The van der Waals surface area contributed by atoms with Crippen molar-refractivity contribution in [2.24, 2.45) is 0 Å². The van der Waals surface area contributed by atoms with Gasteiger partial charge < -0.3 is 25.4 Å². The number of hydrogen-bond acceptors (Lipinski definition) is 9. The zero-order chi connectivity index (χ0) is 27.3. The summed E-state index contributed by atoms with van der Waals surface area (Å²) in [5, 5.41) is 32.6. The molecule has 4 rings (SSSR count). The number of halogens is 2. The first kappa shape index (κ1) is 26.9. The summed E-state index contributed by atoms with van der Waals surface area (Å²) in [6.45, 7) is -2.45. The number of nitrogens with zero attached hydrogens (tertiary/aromatic N) is 4. The van der Waals surface area contributed by atoms with Crippen LogP contribution in [-0.4, -0.2) is 53.2 Å². The highest BCUT2D eigenvalue weighted by Gasteiger charge is 2.28. The summed E-state index contributed by atoms with van der Waals surface area (Å²) in [6, 6.07) is 15.7. The molecule has 11 nitrogen and oxygen atoms in total. The molecule has 13 heteroatoms. The molecule has 0 atom stereocenters. The maximum Gasteiger partial charge on any atom is 0.355 e. The van der Waals surface area contributed by atoms with Gasteiger partial charge in [0.15, 0.2) is 0 Å². The molecular formula is C25H23ClFN5O6. The predicted octanol–water partition coefficient (Wildman–Crippen LogP) is 1.89. The van der Waals surface area contributed by atoms with Crippen molar-refractivity contribution in [3.8, 4) is 11.6 Å². The van der Waals surface area contributed by atoms with Crippen LogP contribution in [0.4, 0.5) is 16.0 Å². The smallest absolute Gasteiger partial charge is 0.355 e. The molecule has 0 saturated carbocycles. The van der Waals surface area contributed by atoms with E-state index in [0.29, 0.717) is 26.6 Å². The molecule has 2 aromatic heterocycles. The Bertz CT molecular complexity index is 1500. The lowest BCUT2D eigenvalue weighted by molar-refractivity contribution is -0.0675. The van der Waals surface area contributed by atoms with Crippen LogP contribution in [0.1, 0.15) is 5.56 Å². The monoisotopic (exact) mass is 543 g/mol. The van der Waals surface area contributed by atoms with Gasteiger partial charge in [-0.05, 0) is 48.0 Å². The first-order valence-corrected chi connectivity index (χ1v) is 11.6. The van der Waals surface area contributed by atoms with Gasteiger partial charge in [0.05, 0.1) is 32.5 Å². The zero-order valence-electron chi connectivity index (χ0n) is 19.8. The first-order chi connectivity index (χ1) is 18.2. The third-order valence-electron chi connectivity index (χ3n) is 5.48. The van der Waals surface area contributed by atoms with Gasteiger partial charge in [-0.2, -0.15) is 4.98 Å². The average Bonchev–Trinajstić information content (AvgIpc) is 2.92. The molecule has 198 valence electrons. The largest absolute Gasteiger partial charge is 0.439 e. The number of aromatic nitrogens is 4. The van der Waals surface area contributed by atoms with Crippen molar-refractivity contribution in [1.82, 2.24) is 19.1 Å². The van der Waals surface area contributed by atoms with Crippen molar-refractivity contribution in [2.45, 2.75) is 18.7 Å². The van der Waals surface area contributed by atoms with Crippen molar-refractivity contribution in [1.29, 1.82) is 0 Å². The normalized spacial score (nSPS) is 11.4. The molecule has 0 fully saturated rings. The highest BCUT2D eigenvalue weighted by Crippen LogP contribution is 2.23. The predicted molar refractivity (Wildman–Crippen MR) is 136 cm³/mol. The van der Waals surface area contributed by atoms with E-state index in [4.69, 9.17) is 16.3 Å². The van der Waals surface area contributed by atoms with Crippen molar-refractivity contribution in [3.63, 3.8) is 0 Å². The van der Waals surface area contributed by atoms with Crippen LogP contribution in [0.2, 0.25) is 5.02 Å². The van der Waals surface area contributed by atoms with E-state index in [1.807, 2.05) is 0 Å². The Morgan fingerprint density at radius 1 is 0.974 bits per heavy atom. The Morgan fingerprint density at radius 2 is 1.66 bits per heavy atom. The third-order valence-corrected chi connectivity index (χ3v) is 5.73. The molecule has 2 heterocycles. The highest BCUT2D eigenvalue weighted by atomic mass is 35.5. The maximum atomic E-state index is 13.4. The van der Waals surface area contributed by atoms with Gasteiger partial charge in [0, 0.05) is 16.8 Å². The van der Waals surface area contributed by atoms with Crippen LogP contribution >= 0.6 is 11.6 Å². The van der Waals surface area contributed by atoms with Crippen LogP contribution < -0.4 is 21.4 Å². The van der Waals surface area contributed by atoms with E-state index in [9.17, 15) is 29.3 Å². The van der Waals surface area contributed by atoms with E-state index in [1.165, 1.54) is 16.7 Å². The molecule has 38 heavy (non-hydrogen) atoms. The number of aliphatic hydroxyl groups excluding tert-OH is 2. The highest BCUT2D eigenvalue weighted by molar-refractivity contribution is 6.30. The summed E-state index contributed by atoms with van der Waals surface area (Å²) in [7, 11) is 0. The molecule has 0 aliphatic rings. The second-order valence-electron chi connectivity index (χ2n) is 8.41. The molecule has 0 bridgehead atoms. The van der Waals surface area contributed by atoms with E-state index in [0.717, 1.165) is 6.20 Å². The van der Waals surface area contributed by atoms with E-state index in [-0.39, 0.29) is 18.4 Å². The molecule has 0 spiro atoms. The van der Waals surface area contributed by atoms with Gasteiger partial charge in [0.25, 0.3) is 0 Å². The fourth-order valence-electron chi connectivity index (χ4n) is 3.40. The van der Waals surface area contributed by atoms with E-state index >= 15 is 0 Å². The number of aliphatic hydroxyl groups is 3. The lowest BCUT2D eigenvalue weighted by Crippen LogP contribution is -2.51. The molecule has 0 saturated heterocycles. The van der Waals surface area contributed by atoms with Crippen LogP contribution in [0, 0.1) is 5.82 Å². The molecule has 0 unspecified atom stereocenters. The first-order valence-electron chi connectivity index (χ1n) is 11.3. The van der Waals surface area contributed by atoms with Gasteiger partial charge >= 0.3 is 11.4 Å². The second-order valence-corrected chi connectivity index (χ2v) is 8.84. The summed E-state index contributed by atoms with van der Waals surface area (Å²) in [5.74, 6) is 0.0220. The molecule has 0 aliphatic carbocycles. The minimum atomic E-state index is -2.10. The number of rotatable bonds is 10. The standard InChI is InChI=1S/C25H23ClFN5O6/c26-17-3-1-16(2-4-17)12-31-22(30-23(35)32(24(31)36)13-25(37,14-33)15-34)29-19-6-8-20(9-7-19)38-21-10-5-18(27)11-28-21/h1-11,33-34,37H,12-15H2,(H,29,30,35). The molecule has 0 amide bonds. The fourth-order valence-corrected chi connectivity index (χ4v) is 3.52. The van der Waals surface area contributed by atoms with E-state index < -0.39 is 42.6 Å². The van der Waals surface area contributed by atoms with Gasteiger partial charge in [0.2, 0.25) is 11.8 Å². The number of nitrogens with one attached hydrogen (secondary N) is 1. The third kappa shape index (κ3) is 6.42. The maximum absolute atomic E-state index is 13.4. The minimum absolute atomic E-state index is 0.0142. The number of hydrogen-bond donors (Lipinski definition) is 4. The van der Waals surface area contributed by atoms with Gasteiger partial charge in [-0.1, -0.05) is 23.7 Å². The van der Waals surface area contributed by atoms with Crippen LogP contribution in [0.3, 0.4) is 0 Å². The van der Waals surface area contributed by atoms with E-state index in [1.54, 1.807) is 48.5 Å². The number of pyridine rings is 1. The Kier molecular flexibility index (Phi) is 8.17. The van der Waals surface area contributed by atoms with Crippen molar-refractivity contribution < 1.29 is 24.4 Å². The van der Waals surface area contributed by atoms with Crippen molar-refractivity contribution >= 4 is 23.2 Å². The average molecular weight is 544 g/mol. The Morgan fingerprint density at radius 3 is 2.26 bits per heavy atom. The summed E-state index contributed by atoms with van der Waals surface area (Å²) in [5.41, 5.74) is -2.80. The van der Waals surface area contributed by atoms with Gasteiger partial charge in [0.1, 0.15) is 17.2 Å². The molecule has 4 aromatic rings. The zero-order valence-corrected chi connectivity index (χ0v) is 20.5. The number of anilines is 2. The van der Waals surface area contributed by atoms with Crippen LogP contribution in [0.15, 0.2) is 76.4 Å². The summed E-state index contributed by atoms with van der Waals surface area (Å²) in [6.07, 6.45) is 1.03. The van der Waals surface area contributed by atoms with Gasteiger partial charge in [-0.3, -0.25) is 4.57 Å². The Hall–Kier alpha value is -4.10. The number of ether oxygens (including phenoxy) is 1. The number of benzene rings is 2.